The fraction of sp³-hybridized carbons (Fsp3) is 0.833. The Morgan fingerprint density at radius 1 is 1.37 bits per heavy atom. The van der Waals surface area contributed by atoms with Crippen molar-refractivity contribution in [1.29, 1.82) is 0 Å². The second-order valence-electron chi connectivity index (χ2n) is 5.56. The van der Waals surface area contributed by atoms with Crippen LogP contribution in [-0.2, 0) is 16.3 Å². The second-order valence-corrected chi connectivity index (χ2v) is 7.79. The molecule has 3 rings (SSSR count). The molecule has 1 aromatic heterocycles. The molecule has 0 saturated carbocycles. The van der Waals surface area contributed by atoms with Crippen LogP contribution in [0.5, 0.6) is 0 Å². The van der Waals surface area contributed by atoms with Gasteiger partial charge in [-0.15, -0.1) is 0 Å². The van der Waals surface area contributed by atoms with Gasteiger partial charge in [-0.05, 0) is 38.3 Å². The normalized spacial score (nSPS) is 30.5. The zero-order valence-electron chi connectivity index (χ0n) is 10.8. The SMILES string of the molecule is O=S1(=O)CCC(c2noc(CC3CCCNC3)n2)C1. The van der Waals surface area contributed by atoms with Gasteiger partial charge in [0.25, 0.3) is 0 Å². The molecule has 0 radical (unpaired) electrons. The van der Waals surface area contributed by atoms with Crippen molar-refractivity contribution in [3.05, 3.63) is 11.7 Å². The Kier molecular flexibility index (Phi) is 3.58. The molecule has 0 spiro atoms. The van der Waals surface area contributed by atoms with E-state index in [-0.39, 0.29) is 17.4 Å². The lowest BCUT2D eigenvalue weighted by Gasteiger charge is -2.20. The summed E-state index contributed by atoms with van der Waals surface area (Å²) in [5.41, 5.74) is 0. The molecule has 0 aliphatic carbocycles. The van der Waals surface area contributed by atoms with E-state index in [0.29, 0.717) is 24.1 Å². The first kappa shape index (κ1) is 13.1. The van der Waals surface area contributed by atoms with Crippen molar-refractivity contribution >= 4 is 9.84 Å². The Morgan fingerprint density at radius 2 is 2.26 bits per heavy atom. The molecule has 6 nitrogen and oxygen atoms in total. The molecular formula is C12H19N3O3S. The fourth-order valence-corrected chi connectivity index (χ4v) is 4.60. The summed E-state index contributed by atoms with van der Waals surface area (Å²) in [6, 6.07) is 0. The van der Waals surface area contributed by atoms with Crippen LogP contribution in [0.4, 0.5) is 0 Å². The highest BCUT2D eigenvalue weighted by Gasteiger charge is 2.32. The first-order valence-electron chi connectivity index (χ1n) is 6.86. The first-order valence-corrected chi connectivity index (χ1v) is 8.68. The van der Waals surface area contributed by atoms with Crippen LogP contribution in [0.25, 0.3) is 0 Å². The Balaban J connectivity index is 1.63. The van der Waals surface area contributed by atoms with Crippen LogP contribution >= 0.6 is 0 Å². The number of piperidine rings is 1. The number of hydrogen-bond donors (Lipinski definition) is 1. The van der Waals surface area contributed by atoms with Crippen LogP contribution in [0.2, 0.25) is 0 Å². The van der Waals surface area contributed by atoms with E-state index in [2.05, 4.69) is 15.5 Å². The summed E-state index contributed by atoms with van der Waals surface area (Å²) in [4.78, 5) is 4.38. The molecule has 106 valence electrons. The van der Waals surface area contributed by atoms with Crippen molar-refractivity contribution in [2.45, 2.75) is 31.6 Å². The number of sulfone groups is 1. The topological polar surface area (TPSA) is 85.1 Å². The highest BCUT2D eigenvalue weighted by molar-refractivity contribution is 7.91. The Bertz CT molecular complexity index is 534. The quantitative estimate of drug-likeness (QED) is 0.871. The van der Waals surface area contributed by atoms with Crippen molar-refractivity contribution in [3.63, 3.8) is 0 Å². The molecule has 2 aliphatic rings. The van der Waals surface area contributed by atoms with Crippen molar-refractivity contribution in [1.82, 2.24) is 15.5 Å². The summed E-state index contributed by atoms with van der Waals surface area (Å²) < 4.78 is 28.2. The average Bonchev–Trinajstić information content (AvgIpc) is 2.97. The van der Waals surface area contributed by atoms with Crippen molar-refractivity contribution in [2.24, 2.45) is 5.92 Å². The third kappa shape index (κ3) is 3.14. The summed E-state index contributed by atoms with van der Waals surface area (Å²) in [6.45, 7) is 2.08. The number of rotatable bonds is 3. The van der Waals surface area contributed by atoms with Crippen LogP contribution in [0.1, 0.15) is 36.9 Å². The van der Waals surface area contributed by atoms with Crippen LogP contribution < -0.4 is 5.32 Å². The molecule has 2 atom stereocenters. The highest BCUT2D eigenvalue weighted by Crippen LogP contribution is 2.27. The maximum Gasteiger partial charge on any atom is 0.226 e. The minimum absolute atomic E-state index is 0.0769. The average molecular weight is 285 g/mol. The van der Waals surface area contributed by atoms with Gasteiger partial charge in [0.1, 0.15) is 0 Å². The van der Waals surface area contributed by atoms with E-state index in [0.717, 1.165) is 19.5 Å². The van der Waals surface area contributed by atoms with E-state index in [1.165, 1.54) is 12.8 Å². The van der Waals surface area contributed by atoms with Gasteiger partial charge < -0.3 is 9.84 Å². The van der Waals surface area contributed by atoms with Gasteiger partial charge in [0.15, 0.2) is 15.7 Å². The molecule has 1 aromatic rings. The molecule has 19 heavy (non-hydrogen) atoms. The summed E-state index contributed by atoms with van der Waals surface area (Å²) >= 11 is 0. The predicted molar refractivity (Wildman–Crippen MR) is 69.6 cm³/mol. The second kappa shape index (κ2) is 5.20. The maximum absolute atomic E-state index is 11.4. The molecule has 1 N–H and O–H groups in total. The van der Waals surface area contributed by atoms with Gasteiger partial charge in [-0.2, -0.15) is 4.98 Å². The summed E-state index contributed by atoms with van der Waals surface area (Å²) in [5.74, 6) is 2.10. The Hall–Kier alpha value is -0.950. The van der Waals surface area contributed by atoms with E-state index >= 15 is 0 Å². The van der Waals surface area contributed by atoms with E-state index in [1.807, 2.05) is 0 Å². The van der Waals surface area contributed by atoms with E-state index in [1.54, 1.807) is 0 Å². The number of aromatic nitrogens is 2. The summed E-state index contributed by atoms with van der Waals surface area (Å²) in [6.07, 6.45) is 3.78. The molecule has 2 saturated heterocycles. The lowest BCUT2D eigenvalue weighted by Crippen LogP contribution is -2.30. The summed E-state index contributed by atoms with van der Waals surface area (Å²) in [7, 11) is -2.89. The van der Waals surface area contributed by atoms with E-state index in [9.17, 15) is 8.42 Å². The van der Waals surface area contributed by atoms with E-state index < -0.39 is 9.84 Å². The zero-order valence-corrected chi connectivity index (χ0v) is 11.7. The van der Waals surface area contributed by atoms with Crippen LogP contribution in [-0.4, -0.2) is 43.2 Å². The molecular weight excluding hydrogens is 266 g/mol. The molecule has 2 aliphatic heterocycles. The molecule has 2 unspecified atom stereocenters. The monoisotopic (exact) mass is 285 g/mol. The standard InChI is InChI=1S/C12H19N3O3S/c16-19(17)5-3-10(8-19)12-14-11(18-15-12)6-9-2-1-4-13-7-9/h9-10,13H,1-8H2. The van der Waals surface area contributed by atoms with E-state index in [4.69, 9.17) is 4.52 Å². The summed E-state index contributed by atoms with van der Waals surface area (Å²) in [5, 5.41) is 7.32. The number of hydrogen-bond acceptors (Lipinski definition) is 6. The van der Waals surface area contributed by atoms with Crippen LogP contribution in [0.3, 0.4) is 0 Å². The lowest BCUT2D eigenvalue weighted by atomic mass is 9.96. The van der Waals surface area contributed by atoms with Crippen molar-refractivity contribution in [2.75, 3.05) is 24.6 Å². The highest BCUT2D eigenvalue weighted by atomic mass is 32.2. The van der Waals surface area contributed by atoms with Crippen LogP contribution in [0, 0.1) is 5.92 Å². The third-order valence-electron chi connectivity index (χ3n) is 3.94. The molecule has 2 fully saturated rings. The minimum Gasteiger partial charge on any atom is -0.339 e. The van der Waals surface area contributed by atoms with Crippen LogP contribution in [0.15, 0.2) is 4.52 Å². The zero-order chi connectivity index (χ0) is 13.3. The largest absolute Gasteiger partial charge is 0.339 e. The van der Waals surface area contributed by atoms with Gasteiger partial charge in [-0.3, -0.25) is 0 Å². The van der Waals surface area contributed by atoms with Gasteiger partial charge in [0.2, 0.25) is 5.89 Å². The molecule has 0 amide bonds. The van der Waals surface area contributed by atoms with Crippen molar-refractivity contribution in [3.8, 4) is 0 Å². The minimum atomic E-state index is -2.89. The van der Waals surface area contributed by atoms with Gasteiger partial charge in [-0.1, -0.05) is 5.16 Å². The third-order valence-corrected chi connectivity index (χ3v) is 5.71. The number of nitrogens with zero attached hydrogens (tertiary/aromatic N) is 2. The maximum atomic E-state index is 11.4. The number of nitrogens with one attached hydrogen (secondary N) is 1. The predicted octanol–water partition coefficient (Wildman–Crippen LogP) is 0.514. The Morgan fingerprint density at radius 3 is 2.95 bits per heavy atom. The lowest BCUT2D eigenvalue weighted by molar-refractivity contribution is 0.314. The molecule has 3 heterocycles. The van der Waals surface area contributed by atoms with Gasteiger partial charge in [0, 0.05) is 12.3 Å². The molecule has 0 aromatic carbocycles. The van der Waals surface area contributed by atoms with Gasteiger partial charge in [-0.25, -0.2) is 8.42 Å². The smallest absolute Gasteiger partial charge is 0.226 e. The van der Waals surface area contributed by atoms with Gasteiger partial charge in [0.05, 0.1) is 11.5 Å². The fourth-order valence-electron chi connectivity index (χ4n) is 2.86. The Labute approximate surface area is 112 Å². The molecule has 0 bridgehead atoms. The van der Waals surface area contributed by atoms with Gasteiger partial charge >= 0.3 is 0 Å². The molecule has 7 heteroatoms. The first-order chi connectivity index (χ1) is 9.12. The van der Waals surface area contributed by atoms with Crippen molar-refractivity contribution < 1.29 is 12.9 Å².